The van der Waals surface area contributed by atoms with Gasteiger partial charge in [0.1, 0.15) is 0 Å². The Morgan fingerprint density at radius 1 is 0.800 bits per heavy atom. The minimum Gasteiger partial charge on any atom is -0.483 e. The lowest BCUT2D eigenvalue weighted by atomic mass is 10.3. The van der Waals surface area contributed by atoms with E-state index in [0.717, 1.165) is 6.67 Å². The van der Waals surface area contributed by atoms with Gasteiger partial charge in [0, 0.05) is 23.8 Å². The van der Waals surface area contributed by atoms with Crippen LogP contribution in [0.15, 0.2) is 73.1 Å². The van der Waals surface area contributed by atoms with Crippen molar-refractivity contribution in [3.8, 4) is 0 Å². The lowest BCUT2D eigenvalue weighted by Crippen LogP contribution is -2.24. The van der Waals surface area contributed by atoms with Gasteiger partial charge in [-0.2, -0.15) is 0 Å². The van der Waals surface area contributed by atoms with E-state index in [2.05, 4.69) is 70.7 Å². The Bertz CT molecular complexity index is 508. The molecule has 0 aromatic heterocycles. The van der Waals surface area contributed by atoms with E-state index >= 15 is 0 Å². The zero-order chi connectivity index (χ0) is 14.2. The second-order valence-electron chi connectivity index (χ2n) is 4.16. The number of para-hydroxylation sites is 2. The van der Waals surface area contributed by atoms with Gasteiger partial charge in [-0.15, -0.1) is 0 Å². The van der Waals surface area contributed by atoms with E-state index in [1.807, 2.05) is 12.1 Å². The van der Waals surface area contributed by atoms with Gasteiger partial charge in [0.15, 0.2) is 0 Å². The van der Waals surface area contributed by atoms with Gasteiger partial charge in [-0.25, -0.2) is 0 Å². The molecule has 0 unspecified atom stereocenters. The minimum absolute atomic E-state index is 0.250. The second kappa shape index (κ2) is 6.99. The van der Waals surface area contributed by atoms with Crippen LogP contribution in [0.4, 0.5) is 11.4 Å². The van der Waals surface area contributed by atoms with Crippen LogP contribution in [0.3, 0.4) is 0 Å². The summed E-state index contributed by atoms with van der Waals surface area (Å²) >= 11 is 0. The molecule has 1 aliphatic heterocycles. The molecule has 0 amide bonds. The normalized spacial score (nSPS) is 12.8. The molecule has 2 aromatic rings. The molecule has 0 atom stereocenters. The molecular formula is C16H16N2O2. The van der Waals surface area contributed by atoms with Crippen molar-refractivity contribution >= 4 is 17.8 Å². The third-order valence-corrected chi connectivity index (χ3v) is 2.91. The third-order valence-electron chi connectivity index (χ3n) is 2.91. The highest BCUT2D eigenvalue weighted by atomic mass is 16.3. The van der Waals surface area contributed by atoms with Gasteiger partial charge < -0.3 is 14.9 Å². The molecule has 0 fully saturated rings. The van der Waals surface area contributed by atoms with E-state index in [4.69, 9.17) is 9.90 Å². The van der Waals surface area contributed by atoms with Crippen LogP contribution in [0.5, 0.6) is 0 Å². The molecule has 1 aliphatic rings. The highest BCUT2D eigenvalue weighted by molar-refractivity contribution is 5.58. The Morgan fingerprint density at radius 3 is 1.50 bits per heavy atom. The predicted molar refractivity (Wildman–Crippen MR) is 80.5 cm³/mol. The average Bonchev–Trinajstić information content (AvgIpc) is 3.00. The summed E-state index contributed by atoms with van der Waals surface area (Å²) in [6.45, 7) is 0.619. The Balaban J connectivity index is 0.000000452. The molecule has 0 spiro atoms. The summed E-state index contributed by atoms with van der Waals surface area (Å²) in [5.74, 6) is 0. The van der Waals surface area contributed by atoms with E-state index in [1.54, 1.807) is 0 Å². The van der Waals surface area contributed by atoms with Crippen LogP contribution in [-0.2, 0) is 4.79 Å². The molecule has 0 saturated carbocycles. The number of carboxylic acid groups (broad SMARTS) is 1. The molecule has 0 aliphatic carbocycles. The molecule has 0 saturated heterocycles. The summed E-state index contributed by atoms with van der Waals surface area (Å²) in [6, 6.07) is 20.8. The van der Waals surface area contributed by atoms with Crippen LogP contribution in [0.1, 0.15) is 0 Å². The fraction of sp³-hybridized carbons (Fsp3) is 0.0625. The van der Waals surface area contributed by atoms with Gasteiger partial charge in [0.25, 0.3) is 6.47 Å². The summed E-state index contributed by atoms with van der Waals surface area (Å²) in [5, 5.41) is 6.89. The van der Waals surface area contributed by atoms with Gasteiger partial charge >= 0.3 is 0 Å². The number of anilines is 2. The Morgan fingerprint density at radius 2 is 1.15 bits per heavy atom. The number of benzene rings is 2. The fourth-order valence-electron chi connectivity index (χ4n) is 1.99. The molecule has 4 nitrogen and oxygen atoms in total. The number of nitrogens with zero attached hydrogens (tertiary/aromatic N) is 2. The van der Waals surface area contributed by atoms with Gasteiger partial charge in [0.2, 0.25) is 0 Å². The van der Waals surface area contributed by atoms with Crippen molar-refractivity contribution in [2.24, 2.45) is 0 Å². The molecule has 2 aromatic carbocycles. The van der Waals surface area contributed by atoms with Crippen molar-refractivity contribution in [1.82, 2.24) is 0 Å². The average molecular weight is 268 g/mol. The molecule has 4 heteroatoms. The lowest BCUT2D eigenvalue weighted by molar-refractivity contribution is -0.122. The van der Waals surface area contributed by atoms with Gasteiger partial charge in [0.05, 0.1) is 6.67 Å². The summed E-state index contributed by atoms with van der Waals surface area (Å²) in [5.41, 5.74) is 2.45. The Kier molecular flexibility index (Phi) is 4.78. The fourth-order valence-corrected chi connectivity index (χ4v) is 1.99. The first-order chi connectivity index (χ1) is 9.85. The minimum atomic E-state index is -0.250. The van der Waals surface area contributed by atoms with E-state index < -0.39 is 0 Å². The van der Waals surface area contributed by atoms with Crippen LogP contribution in [-0.4, -0.2) is 18.2 Å². The molecular weight excluding hydrogens is 252 g/mol. The zero-order valence-electron chi connectivity index (χ0n) is 11.0. The molecule has 0 radical (unpaired) electrons. The van der Waals surface area contributed by atoms with E-state index in [9.17, 15) is 0 Å². The largest absolute Gasteiger partial charge is 0.483 e. The standard InChI is InChI=1S/C15H14N2.CH2O2/c1-3-7-14(8-4-1)16-11-12-17(13-16)15-9-5-2-6-10-15;2-1-3/h1-12H,13H2;1H,(H,2,3). The summed E-state index contributed by atoms with van der Waals surface area (Å²) in [4.78, 5) is 12.8. The predicted octanol–water partition coefficient (Wildman–Crippen LogP) is 3.14. The highest BCUT2D eigenvalue weighted by Crippen LogP contribution is 2.23. The third kappa shape index (κ3) is 3.38. The van der Waals surface area contributed by atoms with E-state index in [0.29, 0.717) is 0 Å². The van der Waals surface area contributed by atoms with Crippen molar-refractivity contribution in [3.05, 3.63) is 73.1 Å². The number of hydrogen-bond acceptors (Lipinski definition) is 3. The SMILES string of the molecule is C1=CN(c2ccccc2)CN1c1ccccc1.O=CO. The molecule has 1 heterocycles. The second-order valence-corrected chi connectivity index (χ2v) is 4.16. The first kappa shape index (κ1) is 13.7. The molecule has 0 bridgehead atoms. The van der Waals surface area contributed by atoms with Crippen LogP contribution in [0.2, 0.25) is 0 Å². The van der Waals surface area contributed by atoms with Crippen molar-refractivity contribution in [3.63, 3.8) is 0 Å². The van der Waals surface area contributed by atoms with Crippen LogP contribution >= 0.6 is 0 Å². The summed E-state index contributed by atoms with van der Waals surface area (Å²) in [6.07, 6.45) is 4.23. The first-order valence-electron chi connectivity index (χ1n) is 6.24. The van der Waals surface area contributed by atoms with Gasteiger partial charge in [-0.3, -0.25) is 4.79 Å². The summed E-state index contributed by atoms with van der Waals surface area (Å²) < 4.78 is 0. The summed E-state index contributed by atoms with van der Waals surface area (Å²) in [7, 11) is 0. The van der Waals surface area contributed by atoms with Crippen molar-refractivity contribution < 1.29 is 9.90 Å². The van der Waals surface area contributed by atoms with Crippen molar-refractivity contribution in [2.45, 2.75) is 0 Å². The Labute approximate surface area is 118 Å². The molecule has 1 N–H and O–H groups in total. The smallest absolute Gasteiger partial charge is 0.290 e. The number of rotatable bonds is 2. The highest BCUT2D eigenvalue weighted by Gasteiger charge is 2.14. The zero-order valence-corrected chi connectivity index (χ0v) is 11.0. The molecule has 102 valence electrons. The monoisotopic (exact) mass is 268 g/mol. The topological polar surface area (TPSA) is 43.8 Å². The van der Waals surface area contributed by atoms with E-state index in [1.165, 1.54) is 11.4 Å². The maximum absolute atomic E-state index is 8.36. The van der Waals surface area contributed by atoms with Crippen LogP contribution in [0.25, 0.3) is 0 Å². The van der Waals surface area contributed by atoms with Gasteiger partial charge in [-0.05, 0) is 24.3 Å². The maximum atomic E-state index is 8.36. The molecule has 20 heavy (non-hydrogen) atoms. The lowest BCUT2D eigenvalue weighted by Gasteiger charge is -2.21. The Hall–Kier alpha value is -2.75. The maximum Gasteiger partial charge on any atom is 0.290 e. The van der Waals surface area contributed by atoms with E-state index in [-0.39, 0.29) is 6.47 Å². The van der Waals surface area contributed by atoms with Crippen LogP contribution < -0.4 is 9.80 Å². The molecule has 3 rings (SSSR count). The van der Waals surface area contributed by atoms with Crippen molar-refractivity contribution in [2.75, 3.05) is 16.5 Å². The van der Waals surface area contributed by atoms with Crippen LogP contribution in [0, 0.1) is 0 Å². The number of hydrogen-bond donors (Lipinski definition) is 1. The van der Waals surface area contributed by atoms with Crippen molar-refractivity contribution in [1.29, 1.82) is 0 Å². The first-order valence-corrected chi connectivity index (χ1v) is 6.24. The van der Waals surface area contributed by atoms with Gasteiger partial charge in [-0.1, -0.05) is 36.4 Å². The number of carbonyl (C=O) groups is 1. The quantitative estimate of drug-likeness (QED) is 0.850.